The Hall–Kier alpha value is -1.42. The third-order valence-corrected chi connectivity index (χ3v) is 3.03. The number of nitrogens with zero attached hydrogens (tertiary/aromatic N) is 2. The predicted molar refractivity (Wildman–Crippen MR) is 76.7 cm³/mol. The molecule has 0 saturated carbocycles. The molecule has 0 fully saturated rings. The number of benzene rings is 1. The lowest BCUT2D eigenvalue weighted by atomic mass is 10.1. The summed E-state index contributed by atoms with van der Waals surface area (Å²) in [7, 11) is 1.97. The van der Waals surface area contributed by atoms with E-state index in [1.807, 2.05) is 13.1 Å². The average Bonchev–Trinajstić information content (AvgIpc) is 2.34. The predicted octanol–water partition coefficient (Wildman–Crippen LogP) is 2.92. The van der Waals surface area contributed by atoms with E-state index in [0.717, 1.165) is 18.7 Å². The van der Waals surface area contributed by atoms with E-state index < -0.39 is 0 Å². The first-order chi connectivity index (χ1) is 8.45. The first kappa shape index (κ1) is 14.6. The van der Waals surface area contributed by atoms with E-state index in [9.17, 15) is 0 Å². The SMILES string of the molecule is CC(C)CCN(C)c1cc(Cl)ccc1C(N)=NO. The molecule has 0 heterocycles. The van der Waals surface area contributed by atoms with Gasteiger partial charge in [-0.1, -0.05) is 30.6 Å². The van der Waals surface area contributed by atoms with E-state index in [2.05, 4.69) is 23.9 Å². The van der Waals surface area contributed by atoms with Gasteiger partial charge in [0.2, 0.25) is 0 Å². The minimum absolute atomic E-state index is 0.0954. The van der Waals surface area contributed by atoms with E-state index >= 15 is 0 Å². The van der Waals surface area contributed by atoms with Gasteiger partial charge in [0.25, 0.3) is 0 Å². The van der Waals surface area contributed by atoms with Crippen molar-refractivity contribution in [1.29, 1.82) is 0 Å². The van der Waals surface area contributed by atoms with E-state index in [1.165, 1.54) is 0 Å². The summed E-state index contributed by atoms with van der Waals surface area (Å²) in [6.07, 6.45) is 1.07. The minimum Gasteiger partial charge on any atom is -0.409 e. The van der Waals surface area contributed by atoms with Crippen LogP contribution < -0.4 is 10.6 Å². The zero-order valence-corrected chi connectivity index (χ0v) is 11.8. The molecule has 0 radical (unpaired) electrons. The second-order valence-corrected chi connectivity index (χ2v) is 5.19. The van der Waals surface area contributed by atoms with Crippen LogP contribution in [0.1, 0.15) is 25.8 Å². The Morgan fingerprint density at radius 3 is 2.72 bits per heavy atom. The molecule has 3 N–H and O–H groups in total. The van der Waals surface area contributed by atoms with Crippen LogP contribution in [-0.2, 0) is 0 Å². The van der Waals surface area contributed by atoms with Gasteiger partial charge >= 0.3 is 0 Å². The molecule has 1 aromatic rings. The Kier molecular flexibility index (Phi) is 5.28. The van der Waals surface area contributed by atoms with Gasteiger partial charge in [-0.25, -0.2) is 0 Å². The van der Waals surface area contributed by atoms with Crippen LogP contribution in [-0.4, -0.2) is 24.6 Å². The first-order valence-electron chi connectivity index (χ1n) is 5.94. The molecule has 0 aliphatic carbocycles. The van der Waals surface area contributed by atoms with E-state index in [1.54, 1.807) is 12.1 Å². The van der Waals surface area contributed by atoms with Crippen molar-refractivity contribution >= 4 is 23.1 Å². The lowest BCUT2D eigenvalue weighted by Crippen LogP contribution is -2.24. The Morgan fingerprint density at radius 2 is 2.17 bits per heavy atom. The van der Waals surface area contributed by atoms with Crippen LogP contribution in [0.2, 0.25) is 5.02 Å². The fraction of sp³-hybridized carbons (Fsp3) is 0.462. The standard InChI is InChI=1S/C13H20ClN3O/c1-9(2)6-7-17(3)12-8-10(14)4-5-11(12)13(15)16-18/h4-5,8-9,18H,6-7H2,1-3H3,(H2,15,16). The molecule has 0 amide bonds. The second kappa shape index (κ2) is 6.50. The first-order valence-corrected chi connectivity index (χ1v) is 6.32. The van der Waals surface area contributed by atoms with E-state index in [4.69, 9.17) is 22.5 Å². The second-order valence-electron chi connectivity index (χ2n) is 4.75. The Balaban J connectivity index is 3.01. The minimum atomic E-state index is 0.0954. The van der Waals surface area contributed by atoms with Crippen LogP contribution in [0.25, 0.3) is 0 Å². The molecule has 0 aliphatic rings. The summed E-state index contributed by atoms with van der Waals surface area (Å²) in [5.74, 6) is 0.719. The zero-order chi connectivity index (χ0) is 13.7. The fourth-order valence-electron chi connectivity index (χ4n) is 1.66. The van der Waals surface area contributed by atoms with Crippen molar-refractivity contribution in [3.8, 4) is 0 Å². The van der Waals surface area contributed by atoms with Crippen molar-refractivity contribution in [3.63, 3.8) is 0 Å². The van der Waals surface area contributed by atoms with Crippen LogP contribution in [0.3, 0.4) is 0 Å². The van der Waals surface area contributed by atoms with Gasteiger partial charge in [-0.2, -0.15) is 0 Å². The van der Waals surface area contributed by atoms with Gasteiger partial charge in [0.05, 0.1) is 0 Å². The molecule has 0 aliphatic heterocycles. The summed E-state index contributed by atoms with van der Waals surface area (Å²) in [6.45, 7) is 5.25. The molecule has 0 atom stereocenters. The molecule has 1 rings (SSSR count). The van der Waals surface area contributed by atoms with E-state index in [0.29, 0.717) is 16.5 Å². The quantitative estimate of drug-likeness (QED) is 0.374. The molecule has 4 nitrogen and oxygen atoms in total. The van der Waals surface area contributed by atoms with Crippen LogP contribution in [0.5, 0.6) is 0 Å². The monoisotopic (exact) mass is 269 g/mol. The molecule has 100 valence electrons. The number of rotatable bonds is 5. The summed E-state index contributed by atoms with van der Waals surface area (Å²) in [5, 5.41) is 12.5. The molecule has 1 aromatic carbocycles. The Morgan fingerprint density at radius 1 is 1.50 bits per heavy atom. The summed E-state index contributed by atoms with van der Waals surface area (Å²) in [4.78, 5) is 2.07. The lowest BCUT2D eigenvalue weighted by Gasteiger charge is -2.23. The van der Waals surface area contributed by atoms with Gasteiger partial charge in [0, 0.05) is 29.9 Å². The largest absolute Gasteiger partial charge is 0.409 e. The van der Waals surface area contributed by atoms with Gasteiger partial charge in [-0.3, -0.25) is 0 Å². The van der Waals surface area contributed by atoms with Crippen LogP contribution >= 0.6 is 11.6 Å². The summed E-state index contributed by atoms with van der Waals surface area (Å²) in [6, 6.07) is 5.32. The van der Waals surface area contributed by atoms with Gasteiger partial charge in [-0.05, 0) is 30.5 Å². The number of amidine groups is 1. The highest BCUT2D eigenvalue weighted by atomic mass is 35.5. The highest BCUT2D eigenvalue weighted by molar-refractivity contribution is 6.31. The Bertz CT molecular complexity index is 432. The van der Waals surface area contributed by atoms with Crippen LogP contribution in [0, 0.1) is 5.92 Å². The van der Waals surface area contributed by atoms with Crippen molar-refractivity contribution < 1.29 is 5.21 Å². The number of oxime groups is 1. The zero-order valence-electron chi connectivity index (χ0n) is 11.0. The summed E-state index contributed by atoms with van der Waals surface area (Å²) in [5.41, 5.74) is 7.23. The topological polar surface area (TPSA) is 61.8 Å². The molecule has 0 bridgehead atoms. The van der Waals surface area contributed by atoms with Crippen molar-refractivity contribution in [2.24, 2.45) is 16.8 Å². The molecular weight excluding hydrogens is 250 g/mol. The smallest absolute Gasteiger partial charge is 0.172 e. The highest BCUT2D eigenvalue weighted by Gasteiger charge is 2.12. The molecule has 0 aromatic heterocycles. The van der Waals surface area contributed by atoms with Gasteiger partial charge in [0.15, 0.2) is 5.84 Å². The number of anilines is 1. The number of hydrogen-bond donors (Lipinski definition) is 2. The highest BCUT2D eigenvalue weighted by Crippen LogP contribution is 2.24. The molecule has 18 heavy (non-hydrogen) atoms. The molecular formula is C13H20ClN3O. The maximum absolute atomic E-state index is 8.79. The van der Waals surface area contributed by atoms with Gasteiger partial charge in [0.1, 0.15) is 0 Å². The third kappa shape index (κ3) is 3.81. The van der Waals surface area contributed by atoms with Crippen molar-refractivity contribution in [2.75, 3.05) is 18.5 Å². The molecule has 0 saturated heterocycles. The van der Waals surface area contributed by atoms with Crippen molar-refractivity contribution in [2.45, 2.75) is 20.3 Å². The number of hydrogen-bond acceptors (Lipinski definition) is 3. The third-order valence-electron chi connectivity index (χ3n) is 2.80. The van der Waals surface area contributed by atoms with Crippen LogP contribution in [0.4, 0.5) is 5.69 Å². The number of nitrogens with two attached hydrogens (primary N) is 1. The van der Waals surface area contributed by atoms with Crippen molar-refractivity contribution in [1.82, 2.24) is 0 Å². The maximum Gasteiger partial charge on any atom is 0.172 e. The summed E-state index contributed by atoms with van der Waals surface area (Å²) < 4.78 is 0. The number of halogens is 1. The average molecular weight is 270 g/mol. The maximum atomic E-state index is 8.79. The summed E-state index contributed by atoms with van der Waals surface area (Å²) >= 11 is 6.00. The van der Waals surface area contributed by atoms with E-state index in [-0.39, 0.29) is 5.84 Å². The van der Waals surface area contributed by atoms with Crippen LogP contribution in [0.15, 0.2) is 23.4 Å². The van der Waals surface area contributed by atoms with Gasteiger partial charge < -0.3 is 15.8 Å². The van der Waals surface area contributed by atoms with Crippen molar-refractivity contribution in [3.05, 3.63) is 28.8 Å². The Labute approximate surface area is 113 Å². The molecule has 5 heteroatoms. The molecule has 0 unspecified atom stereocenters. The van der Waals surface area contributed by atoms with Gasteiger partial charge in [-0.15, -0.1) is 0 Å². The normalized spacial score (nSPS) is 11.9. The lowest BCUT2D eigenvalue weighted by molar-refractivity contribution is 0.318. The fourth-order valence-corrected chi connectivity index (χ4v) is 1.83. The molecule has 0 spiro atoms.